The van der Waals surface area contributed by atoms with Crippen LogP contribution in [0.4, 0.5) is 0 Å². The number of esters is 2. The third-order valence-electron chi connectivity index (χ3n) is 6.22. The summed E-state index contributed by atoms with van der Waals surface area (Å²) in [6.45, 7) is 10.2. The molecule has 0 fully saturated rings. The summed E-state index contributed by atoms with van der Waals surface area (Å²) in [7, 11) is 1.28. The van der Waals surface area contributed by atoms with Gasteiger partial charge >= 0.3 is 11.9 Å². The van der Waals surface area contributed by atoms with Gasteiger partial charge in [0.25, 0.3) is 0 Å². The highest BCUT2D eigenvalue weighted by Crippen LogP contribution is 2.47. The first-order valence-electron chi connectivity index (χ1n) is 12.0. The highest BCUT2D eigenvalue weighted by atomic mass is 16.6. The number of ketones is 1. The van der Waals surface area contributed by atoms with Crippen LogP contribution in [0.3, 0.4) is 0 Å². The average molecular weight is 486 g/mol. The number of carbonyl (C=O) groups excluding carboxylic acids is 3. The minimum absolute atomic E-state index is 0.0853. The molecule has 35 heavy (non-hydrogen) atoms. The van der Waals surface area contributed by atoms with Crippen LogP contribution in [0.1, 0.15) is 52.5 Å². The number of allylic oxidation sites excluding steroid dienone is 3. The molecular formula is C27H35NO7. The number of para-hydroxylation sites is 1. The third-order valence-corrected chi connectivity index (χ3v) is 6.22. The van der Waals surface area contributed by atoms with Crippen molar-refractivity contribution in [2.24, 2.45) is 11.8 Å². The van der Waals surface area contributed by atoms with E-state index in [1.54, 1.807) is 6.92 Å². The molecule has 1 aromatic rings. The van der Waals surface area contributed by atoms with Crippen LogP contribution in [0, 0.1) is 11.8 Å². The van der Waals surface area contributed by atoms with E-state index in [0.29, 0.717) is 46.9 Å². The average Bonchev–Trinajstić information content (AvgIpc) is 2.80. The van der Waals surface area contributed by atoms with E-state index in [4.69, 9.17) is 18.9 Å². The molecule has 8 nitrogen and oxygen atoms in total. The summed E-state index contributed by atoms with van der Waals surface area (Å²) < 4.78 is 21.8. The standard InChI is InChI=1S/C27H35NO7/c1-7-33-12-13-34-27(31)22-17(5)28-19-14-16(4)21(26(30)32-6)25(29)24(19)23(22)18-10-8-9-11-20(18)35-15(2)3/h8-11,15-16,21,23,28H,7,12-14H2,1-6H3/t16-,21+,23+/m1/s1. The van der Waals surface area contributed by atoms with E-state index in [1.807, 2.05) is 52.0 Å². The SMILES string of the molecule is CCOCCOC(=O)C1=C(C)NC2=C(C(=O)[C@@H](C(=O)OC)[C@H](C)C2)[C@H]1c1ccccc1OC(C)C. The number of ether oxygens (including phenoxy) is 4. The number of rotatable bonds is 9. The van der Waals surface area contributed by atoms with Crippen molar-refractivity contribution in [2.45, 2.75) is 53.1 Å². The summed E-state index contributed by atoms with van der Waals surface area (Å²) in [5, 5.41) is 3.26. The number of benzene rings is 1. The topological polar surface area (TPSA) is 100 Å². The molecule has 0 unspecified atom stereocenters. The minimum atomic E-state index is -0.949. The Balaban J connectivity index is 2.14. The minimum Gasteiger partial charge on any atom is -0.491 e. The predicted molar refractivity (Wildman–Crippen MR) is 130 cm³/mol. The van der Waals surface area contributed by atoms with Gasteiger partial charge in [-0.15, -0.1) is 0 Å². The molecule has 0 radical (unpaired) electrons. The Morgan fingerprint density at radius 3 is 2.54 bits per heavy atom. The molecule has 1 N–H and O–H groups in total. The number of carbonyl (C=O) groups is 3. The maximum Gasteiger partial charge on any atom is 0.336 e. The summed E-state index contributed by atoms with van der Waals surface area (Å²) in [5.74, 6) is -2.87. The summed E-state index contributed by atoms with van der Waals surface area (Å²) in [4.78, 5) is 39.8. The van der Waals surface area contributed by atoms with Gasteiger partial charge in [0.1, 0.15) is 18.3 Å². The lowest BCUT2D eigenvalue weighted by molar-refractivity contribution is -0.151. The van der Waals surface area contributed by atoms with Crippen LogP contribution in [0.2, 0.25) is 0 Å². The van der Waals surface area contributed by atoms with Gasteiger partial charge in [-0.3, -0.25) is 9.59 Å². The van der Waals surface area contributed by atoms with Crippen LogP contribution < -0.4 is 10.1 Å². The Morgan fingerprint density at radius 1 is 1.17 bits per heavy atom. The van der Waals surface area contributed by atoms with Crippen molar-refractivity contribution in [2.75, 3.05) is 26.9 Å². The number of dihydropyridines is 1. The van der Waals surface area contributed by atoms with E-state index in [9.17, 15) is 14.4 Å². The molecule has 190 valence electrons. The number of Topliss-reactive ketones (excluding diaryl/α,β-unsaturated/α-hetero) is 1. The first-order valence-corrected chi connectivity index (χ1v) is 12.0. The monoisotopic (exact) mass is 485 g/mol. The van der Waals surface area contributed by atoms with Gasteiger partial charge in [0.2, 0.25) is 0 Å². The first-order chi connectivity index (χ1) is 16.7. The van der Waals surface area contributed by atoms with Gasteiger partial charge in [-0.25, -0.2) is 4.79 Å². The zero-order valence-electron chi connectivity index (χ0n) is 21.3. The van der Waals surface area contributed by atoms with Crippen LogP contribution in [-0.4, -0.2) is 50.8 Å². The van der Waals surface area contributed by atoms with E-state index in [1.165, 1.54) is 7.11 Å². The zero-order chi connectivity index (χ0) is 25.7. The van der Waals surface area contributed by atoms with Gasteiger partial charge in [0.15, 0.2) is 5.78 Å². The highest BCUT2D eigenvalue weighted by Gasteiger charge is 2.47. The van der Waals surface area contributed by atoms with Crippen molar-refractivity contribution in [3.8, 4) is 5.75 Å². The Morgan fingerprint density at radius 2 is 1.89 bits per heavy atom. The van der Waals surface area contributed by atoms with Gasteiger partial charge < -0.3 is 24.3 Å². The van der Waals surface area contributed by atoms with Crippen LogP contribution in [-0.2, 0) is 28.6 Å². The lowest BCUT2D eigenvalue weighted by Crippen LogP contribution is -2.43. The molecule has 0 saturated heterocycles. The molecule has 0 amide bonds. The highest BCUT2D eigenvalue weighted by molar-refractivity contribution is 6.12. The molecule has 3 rings (SSSR count). The van der Waals surface area contributed by atoms with Gasteiger partial charge in [-0.1, -0.05) is 25.1 Å². The largest absolute Gasteiger partial charge is 0.491 e. The molecule has 2 aliphatic rings. The quantitative estimate of drug-likeness (QED) is 0.321. The molecule has 3 atom stereocenters. The fourth-order valence-electron chi connectivity index (χ4n) is 4.76. The summed E-state index contributed by atoms with van der Waals surface area (Å²) in [6.07, 6.45) is 0.344. The Kier molecular flexibility index (Phi) is 8.72. The molecule has 0 saturated carbocycles. The van der Waals surface area contributed by atoms with E-state index in [-0.39, 0.29) is 31.0 Å². The molecule has 1 aliphatic carbocycles. The first kappa shape index (κ1) is 26.5. The Hall–Kier alpha value is -3.13. The van der Waals surface area contributed by atoms with Crippen LogP contribution in [0.15, 0.2) is 46.8 Å². The molecule has 8 heteroatoms. The summed E-state index contributed by atoms with van der Waals surface area (Å²) in [5.41, 5.74) is 2.66. The second-order valence-corrected chi connectivity index (χ2v) is 9.07. The summed E-state index contributed by atoms with van der Waals surface area (Å²) in [6, 6.07) is 7.35. The van der Waals surface area contributed by atoms with Crippen molar-refractivity contribution in [3.05, 3.63) is 52.4 Å². The van der Waals surface area contributed by atoms with Crippen LogP contribution in [0.25, 0.3) is 0 Å². The molecular weight excluding hydrogens is 450 g/mol. The van der Waals surface area contributed by atoms with Crippen LogP contribution in [0.5, 0.6) is 5.75 Å². The van der Waals surface area contributed by atoms with E-state index < -0.39 is 23.8 Å². The number of methoxy groups -OCH3 is 1. The lowest BCUT2D eigenvalue weighted by atomic mass is 9.69. The number of hydrogen-bond donors (Lipinski definition) is 1. The van der Waals surface area contributed by atoms with Gasteiger partial charge in [0.05, 0.1) is 31.3 Å². The number of hydrogen-bond acceptors (Lipinski definition) is 8. The fraction of sp³-hybridized carbons (Fsp3) is 0.519. The van der Waals surface area contributed by atoms with Crippen molar-refractivity contribution < 1.29 is 33.3 Å². The smallest absolute Gasteiger partial charge is 0.336 e. The second kappa shape index (κ2) is 11.5. The van der Waals surface area contributed by atoms with Crippen molar-refractivity contribution in [1.82, 2.24) is 5.32 Å². The second-order valence-electron chi connectivity index (χ2n) is 9.07. The van der Waals surface area contributed by atoms with Gasteiger partial charge in [-0.2, -0.15) is 0 Å². The maximum atomic E-state index is 13.8. The predicted octanol–water partition coefficient (Wildman–Crippen LogP) is 3.67. The molecule has 1 aromatic carbocycles. The summed E-state index contributed by atoms with van der Waals surface area (Å²) >= 11 is 0. The van der Waals surface area contributed by atoms with E-state index in [2.05, 4.69) is 5.32 Å². The molecule has 0 spiro atoms. The van der Waals surface area contributed by atoms with Crippen LogP contribution >= 0.6 is 0 Å². The number of nitrogens with one attached hydrogen (secondary N) is 1. The fourth-order valence-corrected chi connectivity index (χ4v) is 4.76. The Bertz CT molecular complexity index is 1040. The maximum absolute atomic E-state index is 13.8. The van der Waals surface area contributed by atoms with Crippen molar-refractivity contribution in [1.29, 1.82) is 0 Å². The molecule has 0 aromatic heterocycles. The molecule has 1 heterocycles. The van der Waals surface area contributed by atoms with E-state index >= 15 is 0 Å². The van der Waals surface area contributed by atoms with E-state index in [0.717, 1.165) is 0 Å². The Labute approximate surface area is 206 Å². The molecule has 0 bridgehead atoms. The van der Waals surface area contributed by atoms with Crippen molar-refractivity contribution in [3.63, 3.8) is 0 Å². The molecule has 1 aliphatic heterocycles. The lowest BCUT2D eigenvalue weighted by Gasteiger charge is -2.38. The third kappa shape index (κ3) is 5.59. The van der Waals surface area contributed by atoms with Gasteiger partial charge in [-0.05, 0) is 46.1 Å². The zero-order valence-corrected chi connectivity index (χ0v) is 21.3. The normalized spacial score (nSPS) is 22.0. The van der Waals surface area contributed by atoms with Crippen molar-refractivity contribution >= 4 is 17.7 Å². The van der Waals surface area contributed by atoms with Gasteiger partial charge in [0, 0.05) is 29.1 Å².